The molecule has 1 aliphatic rings. The third kappa shape index (κ3) is 5.64. The lowest BCUT2D eigenvalue weighted by Gasteiger charge is -2.15. The second kappa shape index (κ2) is 11.7. The van der Waals surface area contributed by atoms with Gasteiger partial charge in [-0.15, -0.1) is 0 Å². The molecule has 36 heavy (non-hydrogen) atoms. The van der Waals surface area contributed by atoms with Crippen molar-refractivity contribution in [3.63, 3.8) is 0 Å². The number of aryl methyl sites for hydroxylation is 3. The van der Waals surface area contributed by atoms with Crippen LogP contribution >= 0.6 is 0 Å². The van der Waals surface area contributed by atoms with Gasteiger partial charge in [0.2, 0.25) is 5.91 Å². The fourth-order valence-electron chi connectivity index (χ4n) is 3.78. The molecular weight excluding hydrogens is 456 g/mol. The van der Waals surface area contributed by atoms with Crippen LogP contribution in [0.15, 0.2) is 24.3 Å². The number of para-hydroxylation sites is 1. The highest BCUT2D eigenvalue weighted by molar-refractivity contribution is 5.97. The van der Waals surface area contributed by atoms with Crippen molar-refractivity contribution in [1.29, 1.82) is 0 Å². The predicted molar refractivity (Wildman–Crippen MR) is 144 cm³/mol. The summed E-state index contributed by atoms with van der Waals surface area (Å²) in [6.07, 6.45) is 1.85. The average Bonchev–Trinajstić information content (AvgIpc) is 3.58. The monoisotopic (exact) mass is 492 g/mol. The summed E-state index contributed by atoms with van der Waals surface area (Å²) in [5.41, 5.74) is 5.14. The Morgan fingerprint density at radius 2 is 1.81 bits per heavy atom. The van der Waals surface area contributed by atoms with Crippen molar-refractivity contribution in [2.45, 2.75) is 54.4 Å². The minimum absolute atomic E-state index is 0.00670. The first-order valence-electron chi connectivity index (χ1n) is 12.4. The Morgan fingerprint density at radius 1 is 1.08 bits per heavy atom. The molecule has 0 bridgehead atoms. The number of pyridine rings is 1. The van der Waals surface area contributed by atoms with Crippen molar-refractivity contribution in [1.82, 2.24) is 29.9 Å². The van der Waals surface area contributed by atoms with Gasteiger partial charge in [-0.3, -0.25) is 4.79 Å². The molecule has 1 saturated carbocycles. The second-order valence-corrected chi connectivity index (χ2v) is 7.97. The van der Waals surface area contributed by atoms with Crippen molar-refractivity contribution in [3.05, 3.63) is 35.8 Å². The number of ether oxygens (including phenoxy) is 1. The number of nitrogens with zero attached hydrogens (tertiary/aromatic N) is 5. The van der Waals surface area contributed by atoms with Gasteiger partial charge in [0.25, 0.3) is 0 Å². The fraction of sp³-hybridized carbons (Fsp3) is 0.423. The van der Waals surface area contributed by atoms with Crippen LogP contribution in [0.3, 0.4) is 0 Å². The minimum Gasteiger partial charge on any atom is -0.494 e. The van der Waals surface area contributed by atoms with Crippen LogP contribution in [-0.4, -0.2) is 43.0 Å². The normalized spacial score (nSPS) is 12.2. The van der Waals surface area contributed by atoms with Gasteiger partial charge in [-0.05, 0) is 38.8 Å². The van der Waals surface area contributed by atoms with E-state index in [0.717, 1.165) is 52.5 Å². The summed E-state index contributed by atoms with van der Waals surface area (Å²) in [6.45, 7) is 11.8. The SMILES string of the molecule is CC.CC.COc1c(Nc2cc(NC(=O)C3CC3)nc3nc(C)[nH]c23)cccc1-c1nn(C)nc1C. The van der Waals surface area contributed by atoms with Crippen LogP contribution in [-0.2, 0) is 11.8 Å². The van der Waals surface area contributed by atoms with Crippen molar-refractivity contribution < 1.29 is 9.53 Å². The van der Waals surface area contributed by atoms with E-state index in [1.165, 1.54) is 0 Å². The number of hydrogen-bond acceptors (Lipinski definition) is 7. The van der Waals surface area contributed by atoms with E-state index in [1.54, 1.807) is 25.0 Å². The van der Waals surface area contributed by atoms with Crippen molar-refractivity contribution >= 4 is 34.3 Å². The standard InChI is InChI=1S/C22H24N8O2.2C2H6/c1-11-18(29-30(3)28-11)14-6-5-7-15(20(14)32-4)25-16-10-17(27-22(31)13-8-9-13)26-21-19(16)23-12(2)24-21;2*1-2/h5-7,10,13H,8-9H2,1-4H3,(H3,23,24,25,26,27,31);2*1-2H3. The maximum Gasteiger partial charge on any atom is 0.228 e. The van der Waals surface area contributed by atoms with E-state index in [1.807, 2.05) is 59.7 Å². The third-order valence-electron chi connectivity index (χ3n) is 5.41. The van der Waals surface area contributed by atoms with Gasteiger partial charge >= 0.3 is 0 Å². The number of H-pyrrole nitrogens is 1. The first-order chi connectivity index (χ1) is 17.4. The van der Waals surface area contributed by atoms with Crippen molar-refractivity contribution in [2.24, 2.45) is 13.0 Å². The molecule has 1 fully saturated rings. The number of aromatic nitrogens is 6. The van der Waals surface area contributed by atoms with Gasteiger partial charge in [0.1, 0.15) is 22.9 Å². The maximum atomic E-state index is 12.3. The minimum atomic E-state index is -0.00670. The largest absolute Gasteiger partial charge is 0.494 e. The van der Waals surface area contributed by atoms with E-state index >= 15 is 0 Å². The Kier molecular flexibility index (Phi) is 8.63. The molecule has 0 radical (unpaired) electrons. The molecule has 5 rings (SSSR count). The Hall–Kier alpha value is -3.95. The average molecular weight is 493 g/mol. The van der Waals surface area contributed by atoms with Crippen LogP contribution in [0.25, 0.3) is 22.4 Å². The number of methoxy groups -OCH3 is 1. The fourth-order valence-corrected chi connectivity index (χ4v) is 3.78. The number of rotatable bonds is 6. The number of hydrogen-bond donors (Lipinski definition) is 3. The van der Waals surface area contributed by atoms with Crippen LogP contribution in [0.5, 0.6) is 5.75 Å². The van der Waals surface area contributed by atoms with Gasteiger partial charge in [-0.1, -0.05) is 33.8 Å². The molecule has 1 aromatic carbocycles. The van der Waals surface area contributed by atoms with Crippen molar-refractivity contribution in [2.75, 3.05) is 17.7 Å². The van der Waals surface area contributed by atoms with Gasteiger partial charge in [0.05, 0.1) is 24.2 Å². The van der Waals surface area contributed by atoms with E-state index < -0.39 is 0 Å². The zero-order valence-corrected chi connectivity index (χ0v) is 22.4. The van der Waals surface area contributed by atoms with Gasteiger partial charge in [0, 0.05) is 24.6 Å². The number of fused-ring (bicyclic) bond motifs is 1. The quantitative estimate of drug-likeness (QED) is 0.324. The number of amides is 1. The number of imidazole rings is 1. The number of carbonyl (C=O) groups excluding carboxylic acids is 1. The summed E-state index contributed by atoms with van der Waals surface area (Å²) in [5, 5.41) is 15.2. The molecule has 10 nitrogen and oxygen atoms in total. The molecule has 0 unspecified atom stereocenters. The number of aromatic amines is 1. The lowest BCUT2D eigenvalue weighted by atomic mass is 10.1. The Balaban J connectivity index is 0.000000861. The highest BCUT2D eigenvalue weighted by Crippen LogP contribution is 2.39. The Labute approximate surface area is 211 Å². The predicted octanol–water partition coefficient (Wildman–Crippen LogP) is 5.52. The molecule has 0 aliphatic heterocycles. The van der Waals surface area contributed by atoms with E-state index in [9.17, 15) is 4.79 Å². The Bertz CT molecular complexity index is 1340. The summed E-state index contributed by atoms with van der Waals surface area (Å²) in [5.74, 6) is 1.91. The van der Waals surface area contributed by atoms with Crippen LogP contribution in [0.2, 0.25) is 0 Å². The molecule has 3 N–H and O–H groups in total. The molecule has 0 saturated heterocycles. The molecular formula is C26H36N8O2. The van der Waals surface area contributed by atoms with Crippen LogP contribution in [0, 0.1) is 19.8 Å². The third-order valence-corrected chi connectivity index (χ3v) is 5.41. The molecule has 0 spiro atoms. The summed E-state index contributed by atoms with van der Waals surface area (Å²) in [6, 6.07) is 7.61. The zero-order chi connectivity index (χ0) is 26.4. The topological polar surface area (TPSA) is 123 Å². The van der Waals surface area contributed by atoms with E-state index in [2.05, 4.69) is 35.8 Å². The first-order valence-corrected chi connectivity index (χ1v) is 12.4. The lowest BCUT2D eigenvalue weighted by Crippen LogP contribution is -2.14. The number of anilines is 3. The first kappa shape index (κ1) is 26.7. The molecule has 3 heterocycles. The number of nitrogens with one attached hydrogen (secondary N) is 3. The van der Waals surface area contributed by atoms with Gasteiger partial charge < -0.3 is 20.4 Å². The lowest BCUT2D eigenvalue weighted by molar-refractivity contribution is -0.117. The molecule has 1 amide bonds. The molecule has 192 valence electrons. The number of benzene rings is 1. The molecule has 0 atom stereocenters. The number of carbonyl (C=O) groups is 1. The van der Waals surface area contributed by atoms with Crippen LogP contribution in [0.1, 0.15) is 52.1 Å². The molecule has 10 heteroatoms. The van der Waals surface area contributed by atoms with Crippen LogP contribution < -0.4 is 15.4 Å². The van der Waals surface area contributed by atoms with Gasteiger partial charge in [0.15, 0.2) is 11.4 Å². The highest BCUT2D eigenvalue weighted by atomic mass is 16.5. The van der Waals surface area contributed by atoms with E-state index in [0.29, 0.717) is 17.2 Å². The summed E-state index contributed by atoms with van der Waals surface area (Å²) in [4.78, 5) is 26.0. The highest BCUT2D eigenvalue weighted by Gasteiger charge is 2.30. The second-order valence-electron chi connectivity index (χ2n) is 7.97. The van der Waals surface area contributed by atoms with E-state index in [4.69, 9.17) is 4.74 Å². The Morgan fingerprint density at radius 3 is 2.42 bits per heavy atom. The molecule has 3 aromatic heterocycles. The van der Waals surface area contributed by atoms with Crippen molar-refractivity contribution in [3.8, 4) is 17.0 Å². The maximum absolute atomic E-state index is 12.3. The summed E-state index contributed by atoms with van der Waals surface area (Å²) < 4.78 is 5.77. The zero-order valence-electron chi connectivity index (χ0n) is 22.4. The molecule has 4 aromatic rings. The molecule has 1 aliphatic carbocycles. The smallest absolute Gasteiger partial charge is 0.228 e. The van der Waals surface area contributed by atoms with Gasteiger partial charge in [-0.2, -0.15) is 15.0 Å². The van der Waals surface area contributed by atoms with Crippen LogP contribution in [0.4, 0.5) is 17.2 Å². The van der Waals surface area contributed by atoms with E-state index in [-0.39, 0.29) is 11.8 Å². The summed E-state index contributed by atoms with van der Waals surface area (Å²) in [7, 11) is 3.41. The van der Waals surface area contributed by atoms with Gasteiger partial charge in [-0.25, -0.2) is 9.97 Å². The summed E-state index contributed by atoms with van der Waals surface area (Å²) >= 11 is 0.